The standard InChI is InChI=1S/C15H13Cl2N3O3/c1-19(2)13-8-12(11(17)7-14(13)20(22)23)18-15(21)9-4-3-5-10(16)6-9/h3-8H,1-2H3,(H,18,21). The summed E-state index contributed by atoms with van der Waals surface area (Å²) < 4.78 is 0. The van der Waals surface area contributed by atoms with Gasteiger partial charge in [-0.05, 0) is 24.3 Å². The zero-order valence-corrected chi connectivity index (χ0v) is 13.9. The number of anilines is 2. The number of carbonyl (C=O) groups excluding carboxylic acids is 1. The highest BCUT2D eigenvalue weighted by Gasteiger charge is 2.20. The third-order valence-corrected chi connectivity index (χ3v) is 3.63. The largest absolute Gasteiger partial charge is 0.372 e. The molecule has 1 N–H and O–H groups in total. The van der Waals surface area contributed by atoms with Gasteiger partial charge < -0.3 is 10.2 Å². The molecule has 0 aliphatic carbocycles. The number of nitro benzene ring substituents is 1. The summed E-state index contributed by atoms with van der Waals surface area (Å²) in [6, 6.07) is 9.10. The Bertz CT molecular complexity index is 779. The van der Waals surface area contributed by atoms with Crippen molar-refractivity contribution < 1.29 is 9.72 Å². The van der Waals surface area contributed by atoms with Crippen molar-refractivity contribution in [1.29, 1.82) is 0 Å². The van der Waals surface area contributed by atoms with Crippen molar-refractivity contribution in [3.63, 3.8) is 0 Å². The normalized spacial score (nSPS) is 10.3. The number of nitrogens with one attached hydrogen (secondary N) is 1. The Balaban J connectivity index is 2.38. The van der Waals surface area contributed by atoms with Gasteiger partial charge in [0.25, 0.3) is 11.6 Å². The topological polar surface area (TPSA) is 75.5 Å². The fourth-order valence-corrected chi connectivity index (χ4v) is 2.37. The highest BCUT2D eigenvalue weighted by Crippen LogP contribution is 2.36. The first-order valence-electron chi connectivity index (χ1n) is 6.51. The zero-order chi connectivity index (χ0) is 17.1. The number of rotatable bonds is 4. The molecule has 2 rings (SSSR count). The van der Waals surface area contributed by atoms with E-state index in [4.69, 9.17) is 23.2 Å². The Labute approximate surface area is 142 Å². The molecule has 0 aliphatic rings. The summed E-state index contributed by atoms with van der Waals surface area (Å²) in [6.45, 7) is 0. The first-order chi connectivity index (χ1) is 10.8. The second-order valence-corrected chi connectivity index (χ2v) is 5.78. The predicted octanol–water partition coefficient (Wildman–Crippen LogP) is 4.22. The third-order valence-electron chi connectivity index (χ3n) is 3.08. The van der Waals surface area contributed by atoms with E-state index in [0.29, 0.717) is 16.3 Å². The van der Waals surface area contributed by atoms with E-state index >= 15 is 0 Å². The van der Waals surface area contributed by atoms with Crippen molar-refractivity contribution in [2.24, 2.45) is 0 Å². The Kier molecular flexibility index (Phi) is 5.08. The van der Waals surface area contributed by atoms with E-state index in [1.165, 1.54) is 18.2 Å². The number of hydrogen-bond acceptors (Lipinski definition) is 4. The maximum absolute atomic E-state index is 12.2. The van der Waals surface area contributed by atoms with Gasteiger partial charge in [-0.25, -0.2) is 0 Å². The molecule has 2 aromatic rings. The first-order valence-corrected chi connectivity index (χ1v) is 7.27. The van der Waals surface area contributed by atoms with E-state index in [1.54, 1.807) is 37.2 Å². The number of nitrogens with zero attached hydrogens (tertiary/aromatic N) is 2. The predicted molar refractivity (Wildman–Crippen MR) is 91.8 cm³/mol. The molecule has 0 bridgehead atoms. The van der Waals surface area contributed by atoms with Crippen LogP contribution in [0, 0.1) is 10.1 Å². The number of hydrogen-bond donors (Lipinski definition) is 1. The van der Waals surface area contributed by atoms with Crippen molar-refractivity contribution in [1.82, 2.24) is 0 Å². The summed E-state index contributed by atoms with van der Waals surface area (Å²) in [5.41, 5.74) is 0.839. The van der Waals surface area contributed by atoms with Gasteiger partial charge in [0.2, 0.25) is 0 Å². The van der Waals surface area contributed by atoms with Crippen LogP contribution in [0.15, 0.2) is 36.4 Å². The Morgan fingerprint density at radius 1 is 1.22 bits per heavy atom. The SMILES string of the molecule is CN(C)c1cc(NC(=O)c2cccc(Cl)c2)c(Cl)cc1[N+](=O)[O-]. The van der Waals surface area contributed by atoms with Gasteiger partial charge in [0.15, 0.2) is 0 Å². The minimum atomic E-state index is -0.524. The number of halogens is 2. The molecule has 0 radical (unpaired) electrons. The molecule has 0 heterocycles. The molecule has 23 heavy (non-hydrogen) atoms. The molecule has 0 unspecified atom stereocenters. The summed E-state index contributed by atoms with van der Waals surface area (Å²) in [5, 5.41) is 14.2. The van der Waals surface area contributed by atoms with Gasteiger partial charge in [0, 0.05) is 30.7 Å². The molecule has 0 saturated heterocycles. The second-order valence-electron chi connectivity index (χ2n) is 4.94. The molecule has 0 fully saturated rings. The lowest BCUT2D eigenvalue weighted by Gasteiger charge is -2.15. The van der Waals surface area contributed by atoms with Gasteiger partial charge in [-0.2, -0.15) is 0 Å². The van der Waals surface area contributed by atoms with Crippen LogP contribution in [0.5, 0.6) is 0 Å². The summed E-state index contributed by atoms with van der Waals surface area (Å²) in [5.74, 6) is -0.409. The summed E-state index contributed by atoms with van der Waals surface area (Å²) in [7, 11) is 3.33. The van der Waals surface area contributed by atoms with Crippen molar-refractivity contribution in [2.75, 3.05) is 24.3 Å². The van der Waals surface area contributed by atoms with Crippen LogP contribution in [-0.2, 0) is 0 Å². The number of nitro groups is 1. The lowest BCUT2D eigenvalue weighted by atomic mass is 10.2. The molecule has 2 aromatic carbocycles. The van der Waals surface area contributed by atoms with E-state index in [0.717, 1.165) is 0 Å². The third kappa shape index (κ3) is 3.91. The molecule has 1 amide bonds. The number of carbonyl (C=O) groups is 1. The molecule has 6 nitrogen and oxygen atoms in total. The second kappa shape index (κ2) is 6.85. The minimum absolute atomic E-state index is 0.0812. The molecule has 0 atom stereocenters. The summed E-state index contributed by atoms with van der Waals surface area (Å²) in [6.07, 6.45) is 0. The van der Waals surface area contributed by atoms with Crippen molar-refractivity contribution in [3.8, 4) is 0 Å². The Hall–Kier alpha value is -2.31. The molecule has 0 spiro atoms. The smallest absolute Gasteiger partial charge is 0.294 e. The van der Waals surface area contributed by atoms with E-state index in [1.807, 2.05) is 0 Å². The van der Waals surface area contributed by atoms with E-state index in [2.05, 4.69) is 5.32 Å². The van der Waals surface area contributed by atoms with Gasteiger partial charge in [-0.15, -0.1) is 0 Å². The molecular formula is C15H13Cl2N3O3. The van der Waals surface area contributed by atoms with Crippen LogP contribution in [-0.4, -0.2) is 24.9 Å². The fourth-order valence-electron chi connectivity index (χ4n) is 1.98. The average molecular weight is 354 g/mol. The van der Waals surface area contributed by atoms with Crippen LogP contribution < -0.4 is 10.2 Å². The summed E-state index contributed by atoms with van der Waals surface area (Å²) >= 11 is 11.9. The van der Waals surface area contributed by atoms with Crippen LogP contribution in [0.25, 0.3) is 0 Å². The number of amides is 1. The van der Waals surface area contributed by atoms with Gasteiger partial charge in [0.05, 0.1) is 15.6 Å². The lowest BCUT2D eigenvalue weighted by Crippen LogP contribution is -2.15. The van der Waals surface area contributed by atoms with Crippen molar-refractivity contribution in [3.05, 3.63) is 62.1 Å². The highest BCUT2D eigenvalue weighted by molar-refractivity contribution is 6.34. The fraction of sp³-hybridized carbons (Fsp3) is 0.133. The molecule has 0 aromatic heterocycles. The average Bonchev–Trinajstić information content (AvgIpc) is 2.48. The van der Waals surface area contributed by atoms with E-state index < -0.39 is 10.8 Å². The van der Waals surface area contributed by atoms with Crippen molar-refractivity contribution >= 4 is 46.2 Å². The maximum atomic E-state index is 12.2. The molecule has 8 heteroatoms. The minimum Gasteiger partial charge on any atom is -0.372 e. The monoisotopic (exact) mass is 353 g/mol. The van der Waals surface area contributed by atoms with Crippen LogP contribution in [0.1, 0.15) is 10.4 Å². The zero-order valence-electron chi connectivity index (χ0n) is 12.3. The summed E-state index contributed by atoms with van der Waals surface area (Å²) in [4.78, 5) is 24.4. The first kappa shape index (κ1) is 17.1. The Morgan fingerprint density at radius 2 is 1.91 bits per heavy atom. The molecule has 0 saturated carbocycles. The molecule has 0 aliphatic heterocycles. The van der Waals surface area contributed by atoms with Gasteiger partial charge in [0.1, 0.15) is 5.69 Å². The van der Waals surface area contributed by atoms with Crippen LogP contribution in [0.3, 0.4) is 0 Å². The van der Waals surface area contributed by atoms with E-state index in [9.17, 15) is 14.9 Å². The lowest BCUT2D eigenvalue weighted by molar-refractivity contribution is -0.384. The van der Waals surface area contributed by atoms with Crippen LogP contribution >= 0.6 is 23.2 Å². The van der Waals surface area contributed by atoms with Gasteiger partial charge >= 0.3 is 0 Å². The van der Waals surface area contributed by atoms with Crippen LogP contribution in [0.4, 0.5) is 17.1 Å². The van der Waals surface area contributed by atoms with E-state index in [-0.39, 0.29) is 16.4 Å². The maximum Gasteiger partial charge on any atom is 0.294 e. The quantitative estimate of drug-likeness (QED) is 0.659. The van der Waals surface area contributed by atoms with Crippen molar-refractivity contribution in [2.45, 2.75) is 0 Å². The van der Waals surface area contributed by atoms with Gasteiger partial charge in [-0.1, -0.05) is 29.3 Å². The van der Waals surface area contributed by atoms with Gasteiger partial charge in [-0.3, -0.25) is 14.9 Å². The van der Waals surface area contributed by atoms with Crippen LogP contribution in [0.2, 0.25) is 10.0 Å². The Morgan fingerprint density at radius 3 is 2.48 bits per heavy atom. The molecular weight excluding hydrogens is 341 g/mol. The number of benzene rings is 2. The molecule has 120 valence electrons. The highest BCUT2D eigenvalue weighted by atomic mass is 35.5.